The van der Waals surface area contributed by atoms with E-state index < -0.39 is 35.3 Å². The molecule has 2 rings (SSSR count). The van der Waals surface area contributed by atoms with E-state index >= 15 is 0 Å². The topological polar surface area (TPSA) is 97.7 Å². The van der Waals surface area contributed by atoms with Crippen LogP contribution in [0.25, 0.3) is 0 Å². The van der Waals surface area contributed by atoms with Gasteiger partial charge in [0.05, 0.1) is 11.8 Å². The van der Waals surface area contributed by atoms with Gasteiger partial charge in [0.15, 0.2) is 5.78 Å². The minimum Gasteiger partial charge on any atom is -0.481 e. The quantitative estimate of drug-likeness (QED) is 0.315. The number of hydrogen-bond donors (Lipinski definition) is 1. The lowest BCUT2D eigenvalue weighted by atomic mass is 9.56. The van der Waals surface area contributed by atoms with Crippen molar-refractivity contribution in [3.8, 4) is 0 Å². The highest BCUT2D eigenvalue weighted by atomic mass is 16.5. The molecule has 0 spiro atoms. The van der Waals surface area contributed by atoms with E-state index in [4.69, 9.17) is 4.74 Å². The summed E-state index contributed by atoms with van der Waals surface area (Å²) in [6.07, 6.45) is 6.08. The van der Waals surface area contributed by atoms with Gasteiger partial charge in [-0.05, 0) is 61.7 Å². The predicted octanol–water partition coefficient (Wildman–Crippen LogP) is 4.69. The molecule has 0 amide bonds. The van der Waals surface area contributed by atoms with E-state index in [2.05, 4.69) is 27.4 Å². The molecule has 2 aliphatic rings. The Hall–Kier alpha value is -2.50. The van der Waals surface area contributed by atoms with Crippen LogP contribution >= 0.6 is 0 Å². The maximum atomic E-state index is 12.8. The molecule has 0 aliphatic heterocycles. The summed E-state index contributed by atoms with van der Waals surface area (Å²) < 4.78 is 5.81. The Morgan fingerprint density at radius 2 is 2.00 bits per heavy atom. The third kappa shape index (κ3) is 5.45. The second kappa shape index (κ2) is 10.4. The van der Waals surface area contributed by atoms with Crippen LogP contribution in [0.4, 0.5) is 0 Å². The largest absolute Gasteiger partial charge is 0.481 e. The first kappa shape index (κ1) is 25.8. The number of carbonyl (C=O) groups is 4. The molecule has 1 saturated carbocycles. The number of aldehydes is 1. The SMILES string of the molecule is C=C(C=O)[C@H]1C[C@]2(C)C(=CC1=O)[C@@H](OC(=O)/C(C)=C/C(C)CC(C)CC)CC[C@H]2C(=O)O. The summed E-state index contributed by atoms with van der Waals surface area (Å²) >= 11 is 0. The number of carbonyl (C=O) groups excluding carboxylic acids is 3. The Morgan fingerprint density at radius 1 is 1.34 bits per heavy atom. The van der Waals surface area contributed by atoms with Crippen molar-refractivity contribution in [2.45, 2.75) is 72.8 Å². The highest BCUT2D eigenvalue weighted by Gasteiger charge is 2.53. The van der Waals surface area contributed by atoms with Gasteiger partial charge in [-0.25, -0.2) is 4.79 Å². The molecule has 2 unspecified atom stereocenters. The van der Waals surface area contributed by atoms with Crippen molar-refractivity contribution in [3.05, 3.63) is 35.5 Å². The minimum absolute atomic E-state index is 0.142. The van der Waals surface area contributed by atoms with E-state index in [0.29, 0.717) is 36.2 Å². The van der Waals surface area contributed by atoms with Gasteiger partial charge in [0, 0.05) is 11.0 Å². The Kier molecular flexibility index (Phi) is 8.38. The molecule has 0 saturated heterocycles. The van der Waals surface area contributed by atoms with Crippen LogP contribution in [-0.4, -0.2) is 35.2 Å². The van der Waals surface area contributed by atoms with E-state index in [1.807, 2.05) is 6.08 Å². The molecule has 1 fully saturated rings. The number of carboxylic acids is 1. The summed E-state index contributed by atoms with van der Waals surface area (Å²) in [5.74, 6) is -2.39. The van der Waals surface area contributed by atoms with Crippen molar-refractivity contribution in [1.82, 2.24) is 0 Å². The highest BCUT2D eigenvalue weighted by molar-refractivity contribution is 6.00. The maximum absolute atomic E-state index is 12.8. The van der Waals surface area contributed by atoms with E-state index in [1.54, 1.807) is 13.8 Å². The minimum atomic E-state index is -0.956. The van der Waals surface area contributed by atoms with E-state index in [9.17, 15) is 24.3 Å². The average Bonchev–Trinajstić information content (AvgIpc) is 2.72. The Morgan fingerprint density at radius 3 is 2.56 bits per heavy atom. The van der Waals surface area contributed by atoms with Crippen molar-refractivity contribution in [3.63, 3.8) is 0 Å². The van der Waals surface area contributed by atoms with E-state index in [-0.39, 0.29) is 23.7 Å². The summed E-state index contributed by atoms with van der Waals surface area (Å²) in [5.41, 5.74) is 0.285. The monoisotopic (exact) mass is 444 g/mol. The van der Waals surface area contributed by atoms with Crippen molar-refractivity contribution in [2.24, 2.45) is 29.1 Å². The van der Waals surface area contributed by atoms with Crippen LogP contribution in [0.2, 0.25) is 0 Å². The van der Waals surface area contributed by atoms with Crippen LogP contribution in [-0.2, 0) is 23.9 Å². The number of carboxylic acid groups (broad SMARTS) is 1. The summed E-state index contributed by atoms with van der Waals surface area (Å²) in [6, 6.07) is 0. The van der Waals surface area contributed by atoms with Gasteiger partial charge >= 0.3 is 11.9 Å². The normalized spacial score (nSPS) is 29.9. The number of allylic oxidation sites excluding steroid dienone is 3. The highest BCUT2D eigenvalue weighted by Crippen LogP contribution is 2.53. The van der Waals surface area contributed by atoms with Gasteiger partial charge in [0.2, 0.25) is 0 Å². The molecule has 32 heavy (non-hydrogen) atoms. The molecular weight excluding hydrogens is 408 g/mol. The second-order valence-electron chi connectivity index (χ2n) is 9.81. The number of fused-ring (bicyclic) bond motifs is 1. The van der Waals surface area contributed by atoms with Crippen LogP contribution in [0, 0.1) is 29.1 Å². The second-order valence-corrected chi connectivity index (χ2v) is 9.81. The third-order valence-electron chi connectivity index (χ3n) is 7.24. The molecule has 0 bridgehead atoms. The Balaban J connectivity index is 2.29. The molecule has 0 aromatic carbocycles. The number of ketones is 1. The number of ether oxygens (including phenoxy) is 1. The van der Waals surface area contributed by atoms with Crippen LogP contribution < -0.4 is 0 Å². The molecule has 0 radical (unpaired) electrons. The molecular formula is C26H36O6. The lowest BCUT2D eigenvalue weighted by Gasteiger charge is -2.48. The molecule has 0 heterocycles. The zero-order chi connectivity index (χ0) is 24.2. The number of aliphatic carboxylic acids is 1. The first-order valence-corrected chi connectivity index (χ1v) is 11.5. The standard InChI is InChI=1S/C26H36O6/c1-7-15(2)10-16(3)11-17(4)25(31)32-23-9-8-20(24(29)30)26(6)13-19(18(5)14-27)22(28)12-21(23)26/h11-12,14-16,19-20,23H,5,7-10,13H2,1-4,6H3,(H,29,30)/b17-11+/t15?,16?,19-,20+,23+,26+/m1/s1. The lowest BCUT2D eigenvalue weighted by Crippen LogP contribution is -2.49. The Labute approximate surface area is 190 Å². The third-order valence-corrected chi connectivity index (χ3v) is 7.24. The van der Waals surface area contributed by atoms with Gasteiger partial charge in [0.1, 0.15) is 12.4 Å². The molecule has 176 valence electrons. The van der Waals surface area contributed by atoms with E-state index in [0.717, 1.165) is 12.8 Å². The fourth-order valence-electron chi connectivity index (χ4n) is 5.16. The summed E-state index contributed by atoms with van der Waals surface area (Å²) in [7, 11) is 0. The van der Waals surface area contributed by atoms with Crippen molar-refractivity contribution >= 4 is 24.0 Å². The van der Waals surface area contributed by atoms with Crippen LogP contribution in [0.15, 0.2) is 35.5 Å². The van der Waals surface area contributed by atoms with Gasteiger partial charge in [-0.1, -0.05) is 46.8 Å². The zero-order valence-corrected chi connectivity index (χ0v) is 19.8. The van der Waals surface area contributed by atoms with Gasteiger partial charge in [0.25, 0.3) is 0 Å². The molecule has 0 aromatic rings. The van der Waals surface area contributed by atoms with Crippen LogP contribution in [0.3, 0.4) is 0 Å². The molecule has 0 aromatic heterocycles. The lowest BCUT2D eigenvalue weighted by molar-refractivity contribution is -0.152. The molecule has 6 nitrogen and oxygen atoms in total. The van der Waals surface area contributed by atoms with Crippen molar-refractivity contribution < 1.29 is 29.0 Å². The van der Waals surface area contributed by atoms with Gasteiger partial charge in [-0.2, -0.15) is 0 Å². The number of hydrogen-bond acceptors (Lipinski definition) is 5. The number of rotatable bonds is 9. The smallest absolute Gasteiger partial charge is 0.333 e. The van der Waals surface area contributed by atoms with Crippen molar-refractivity contribution in [1.29, 1.82) is 0 Å². The summed E-state index contributed by atoms with van der Waals surface area (Å²) in [5, 5.41) is 9.82. The van der Waals surface area contributed by atoms with Crippen LogP contribution in [0.1, 0.15) is 66.7 Å². The zero-order valence-electron chi connectivity index (χ0n) is 19.8. The van der Waals surface area contributed by atoms with E-state index in [1.165, 1.54) is 6.08 Å². The fourth-order valence-corrected chi connectivity index (χ4v) is 5.16. The Bertz CT molecular complexity index is 850. The summed E-state index contributed by atoms with van der Waals surface area (Å²) in [6.45, 7) is 13.6. The van der Waals surface area contributed by atoms with Crippen LogP contribution in [0.5, 0.6) is 0 Å². The average molecular weight is 445 g/mol. The summed E-state index contributed by atoms with van der Waals surface area (Å²) in [4.78, 5) is 48.7. The predicted molar refractivity (Wildman–Crippen MR) is 122 cm³/mol. The first-order valence-electron chi connectivity index (χ1n) is 11.5. The molecule has 6 heteroatoms. The molecule has 1 N–H and O–H groups in total. The van der Waals surface area contributed by atoms with Gasteiger partial charge in [-0.3, -0.25) is 14.4 Å². The van der Waals surface area contributed by atoms with Gasteiger partial charge in [-0.15, -0.1) is 0 Å². The maximum Gasteiger partial charge on any atom is 0.333 e. The molecule has 6 atom stereocenters. The first-order chi connectivity index (χ1) is 14.9. The number of esters is 1. The molecule has 2 aliphatic carbocycles. The fraction of sp³-hybridized carbons (Fsp3) is 0.615. The van der Waals surface area contributed by atoms with Crippen molar-refractivity contribution in [2.75, 3.05) is 0 Å². The van der Waals surface area contributed by atoms with Gasteiger partial charge < -0.3 is 9.84 Å².